The van der Waals surface area contributed by atoms with E-state index in [1.807, 2.05) is 49.3 Å². The number of amides is 2. The van der Waals surface area contributed by atoms with Crippen LogP contribution in [0, 0.1) is 6.92 Å². The van der Waals surface area contributed by atoms with Gasteiger partial charge in [0.1, 0.15) is 35.3 Å². The lowest BCUT2D eigenvalue weighted by molar-refractivity contribution is -0.110. The average Bonchev–Trinajstić information content (AvgIpc) is 3.43. The van der Waals surface area contributed by atoms with Gasteiger partial charge in [-0.2, -0.15) is 0 Å². The van der Waals surface area contributed by atoms with Gasteiger partial charge in [-0.3, -0.25) is 9.59 Å². The Balaban J connectivity index is 0.000000871. The van der Waals surface area contributed by atoms with Crippen LogP contribution in [0.15, 0.2) is 84.6 Å². The molecule has 2 aromatic heterocycles. The normalized spacial score (nSPS) is 20.5. The first-order chi connectivity index (χ1) is 30.3. The second kappa shape index (κ2) is 21.3. The summed E-state index contributed by atoms with van der Waals surface area (Å²) in [4.78, 5) is 43.5. The first-order valence-electron chi connectivity index (χ1n) is 21.8. The number of hydrogen-bond donors (Lipinski definition) is 6. The summed E-state index contributed by atoms with van der Waals surface area (Å²) in [7, 11) is 1.91. The lowest BCUT2D eigenvalue weighted by Gasteiger charge is -2.39. The molecular weight excluding hydrogens is 804 g/mol. The maximum atomic E-state index is 16.4. The first-order valence-corrected chi connectivity index (χ1v) is 21.8. The monoisotopic (exact) mass is 866 g/mol. The predicted molar refractivity (Wildman–Crippen MR) is 244 cm³/mol. The quantitative estimate of drug-likeness (QED) is 0.0601. The molecule has 15 nitrogen and oxygen atoms in total. The van der Waals surface area contributed by atoms with Crippen LogP contribution in [0.2, 0.25) is 0 Å². The summed E-state index contributed by atoms with van der Waals surface area (Å²) in [6.45, 7) is 8.42. The van der Waals surface area contributed by atoms with Crippen molar-refractivity contribution in [2.75, 3.05) is 64.7 Å². The van der Waals surface area contributed by atoms with Gasteiger partial charge in [-0.15, -0.1) is 0 Å². The van der Waals surface area contributed by atoms with E-state index < -0.39 is 5.67 Å². The number of ether oxygens (including phenoxy) is 1. The number of nitrogens with two attached hydrogens (primary N) is 3. The van der Waals surface area contributed by atoms with Crippen LogP contribution in [0.1, 0.15) is 84.6 Å². The van der Waals surface area contributed by atoms with Gasteiger partial charge in [-0.05, 0) is 87.2 Å². The van der Waals surface area contributed by atoms with Crippen LogP contribution in [-0.2, 0) is 14.3 Å². The molecule has 2 amide bonds. The number of allylic oxidation sites excluding steroid dienone is 1. The van der Waals surface area contributed by atoms with Gasteiger partial charge in [0, 0.05) is 107 Å². The summed E-state index contributed by atoms with van der Waals surface area (Å²) in [6.07, 6.45) is 10.7. The second-order valence-electron chi connectivity index (χ2n) is 16.8. The summed E-state index contributed by atoms with van der Waals surface area (Å²) in [5.74, 6) is 0.0783. The maximum absolute atomic E-state index is 16.4. The fourth-order valence-corrected chi connectivity index (χ4v) is 8.81. The van der Waals surface area contributed by atoms with Crippen LogP contribution in [0.25, 0.3) is 16.7 Å². The predicted octanol–water partition coefficient (Wildman–Crippen LogP) is 4.93. The van der Waals surface area contributed by atoms with Crippen molar-refractivity contribution in [3.63, 3.8) is 0 Å². The molecule has 5 heterocycles. The highest BCUT2D eigenvalue weighted by atomic mass is 19.1. The SMILES string of the molecule is CNc1cnc2c(c1)c(C)cn2C1CCCN(CC2(F)CCN(C(=O)c3ccc(C4CN(C(/C=C(\N)c5ccccc5O)=C(N)N)CC(C)O4)cc3)CC2)CC1.O=CCCNC=O. The number of piperidine rings is 1. The fourth-order valence-electron chi connectivity index (χ4n) is 8.81. The standard InChI is InChI=1S/C43H56FN9O3.C4H7NO2/c1-28-24-53(41-35(28)21-32(48-3)23-49-41)33-7-6-17-50(18-14-33)27-43(44)15-19-51(20-16-43)42(55)31-12-10-30(11-13-31)39-26-52(25-29(2)56-39)37(40(46)47)22-36(45)34-8-4-5-9-38(34)54;6-3-1-2-5-4-7/h4-5,8-13,21-24,29,33,39,48,54H,6-7,14-20,25-27,45-47H2,1-3H3;3-4H,1-2H2,(H,5,7)/b36-22-;. The van der Waals surface area contributed by atoms with Crippen molar-refractivity contribution in [3.8, 4) is 5.75 Å². The Bertz CT molecular complexity index is 2240. The zero-order valence-corrected chi connectivity index (χ0v) is 36.6. The second-order valence-corrected chi connectivity index (χ2v) is 16.8. The number of carbonyl (C=O) groups is 3. The summed E-state index contributed by atoms with van der Waals surface area (Å²) >= 11 is 0. The number of rotatable bonds is 13. The molecule has 0 spiro atoms. The number of aldehydes is 1. The van der Waals surface area contributed by atoms with Crippen LogP contribution < -0.4 is 27.8 Å². The molecule has 0 radical (unpaired) electrons. The third-order valence-corrected chi connectivity index (χ3v) is 12.2. The van der Waals surface area contributed by atoms with Gasteiger partial charge < -0.3 is 61.7 Å². The Morgan fingerprint density at radius 1 is 1.02 bits per heavy atom. The summed E-state index contributed by atoms with van der Waals surface area (Å²) in [5.41, 5.74) is 23.4. The van der Waals surface area contributed by atoms with Crippen molar-refractivity contribution in [1.29, 1.82) is 0 Å². The number of phenols is 1. The number of aryl methyl sites for hydroxylation is 1. The molecule has 3 atom stereocenters. The lowest BCUT2D eigenvalue weighted by Crippen LogP contribution is -2.50. The number of para-hydroxylation sites is 1. The molecule has 0 saturated carbocycles. The van der Waals surface area contributed by atoms with Crippen LogP contribution in [0.3, 0.4) is 0 Å². The minimum atomic E-state index is -1.33. The molecule has 338 valence electrons. The Morgan fingerprint density at radius 3 is 2.44 bits per heavy atom. The Labute approximate surface area is 369 Å². The van der Waals surface area contributed by atoms with Gasteiger partial charge in [0.05, 0.1) is 23.7 Å². The largest absolute Gasteiger partial charge is 0.507 e. The number of nitrogens with one attached hydrogen (secondary N) is 2. The number of hydrogen-bond acceptors (Lipinski definition) is 12. The smallest absolute Gasteiger partial charge is 0.253 e. The number of phenolic OH excluding ortho intramolecular Hbond substituents is 1. The number of pyridine rings is 1. The molecule has 0 aliphatic carbocycles. The number of aromatic nitrogens is 2. The molecule has 4 aromatic rings. The Hall–Kier alpha value is -6.13. The van der Waals surface area contributed by atoms with E-state index in [9.17, 15) is 19.5 Å². The molecular formula is C47H63FN10O5. The molecule has 3 saturated heterocycles. The average molecular weight is 867 g/mol. The van der Waals surface area contributed by atoms with Crippen LogP contribution in [0.4, 0.5) is 10.1 Å². The Morgan fingerprint density at radius 2 is 1.76 bits per heavy atom. The van der Waals surface area contributed by atoms with Gasteiger partial charge in [0.25, 0.3) is 5.91 Å². The van der Waals surface area contributed by atoms with E-state index in [2.05, 4.69) is 39.3 Å². The fraction of sp³-hybridized carbons (Fsp3) is 0.447. The van der Waals surface area contributed by atoms with Gasteiger partial charge in [-0.1, -0.05) is 24.3 Å². The van der Waals surface area contributed by atoms with E-state index in [4.69, 9.17) is 26.9 Å². The highest BCUT2D eigenvalue weighted by Gasteiger charge is 2.38. The van der Waals surface area contributed by atoms with E-state index in [1.165, 1.54) is 10.9 Å². The van der Waals surface area contributed by atoms with Crippen LogP contribution in [-0.4, -0.2) is 119 Å². The summed E-state index contributed by atoms with van der Waals surface area (Å²) in [5, 5.41) is 17.0. The molecule has 3 aliphatic rings. The van der Waals surface area contributed by atoms with Gasteiger partial charge >= 0.3 is 0 Å². The van der Waals surface area contributed by atoms with Crippen molar-refractivity contribution in [3.05, 3.63) is 107 Å². The van der Waals surface area contributed by atoms with E-state index >= 15 is 4.39 Å². The number of morpholine rings is 1. The van der Waals surface area contributed by atoms with Crippen molar-refractivity contribution < 1.29 is 28.6 Å². The third kappa shape index (κ3) is 11.7. The number of aromatic hydroxyl groups is 1. The summed E-state index contributed by atoms with van der Waals surface area (Å²) in [6, 6.07) is 16.8. The van der Waals surface area contributed by atoms with E-state index in [0.717, 1.165) is 55.5 Å². The highest BCUT2D eigenvalue weighted by Crippen LogP contribution is 2.34. The molecule has 63 heavy (non-hydrogen) atoms. The molecule has 3 aliphatic heterocycles. The minimum absolute atomic E-state index is 0.0639. The number of nitrogens with zero attached hydrogens (tertiary/aromatic N) is 5. The number of benzene rings is 2. The highest BCUT2D eigenvalue weighted by molar-refractivity contribution is 5.94. The number of halogens is 1. The zero-order chi connectivity index (χ0) is 45.1. The first kappa shape index (κ1) is 46.4. The number of likely N-dealkylation sites (tertiary alicyclic amines) is 2. The molecule has 3 unspecified atom stereocenters. The minimum Gasteiger partial charge on any atom is -0.507 e. The number of fused-ring (bicyclic) bond motifs is 1. The molecule has 0 bridgehead atoms. The van der Waals surface area contributed by atoms with Gasteiger partial charge in [0.2, 0.25) is 6.41 Å². The molecule has 16 heteroatoms. The van der Waals surface area contributed by atoms with Crippen molar-refractivity contribution in [2.24, 2.45) is 17.2 Å². The van der Waals surface area contributed by atoms with Crippen molar-refractivity contribution in [1.82, 2.24) is 29.6 Å². The molecule has 3 fully saturated rings. The molecule has 2 aromatic carbocycles. The number of alkyl halides is 1. The maximum Gasteiger partial charge on any atom is 0.253 e. The molecule has 9 N–H and O–H groups in total. The lowest BCUT2D eigenvalue weighted by atomic mass is 9.92. The third-order valence-electron chi connectivity index (χ3n) is 12.2. The van der Waals surface area contributed by atoms with Crippen LogP contribution in [0.5, 0.6) is 5.75 Å². The van der Waals surface area contributed by atoms with E-state index in [0.29, 0.717) is 93.5 Å². The van der Waals surface area contributed by atoms with Gasteiger partial charge in [0.15, 0.2) is 0 Å². The Kier molecular flexibility index (Phi) is 15.7. The van der Waals surface area contributed by atoms with Crippen LogP contribution >= 0.6 is 0 Å². The topological polar surface area (TPSA) is 210 Å². The number of anilines is 1. The summed E-state index contributed by atoms with van der Waals surface area (Å²) < 4.78 is 25.0. The van der Waals surface area contributed by atoms with E-state index in [-0.39, 0.29) is 29.7 Å². The van der Waals surface area contributed by atoms with Crippen molar-refractivity contribution >= 4 is 41.0 Å². The molecule has 7 rings (SSSR count). The van der Waals surface area contributed by atoms with E-state index in [1.54, 1.807) is 35.2 Å². The van der Waals surface area contributed by atoms with Gasteiger partial charge in [-0.25, -0.2) is 9.37 Å². The zero-order valence-electron chi connectivity index (χ0n) is 36.6. The van der Waals surface area contributed by atoms with Crippen molar-refractivity contribution in [2.45, 2.75) is 76.3 Å². The number of carbonyl (C=O) groups excluding carboxylic acids is 3.